The van der Waals surface area contributed by atoms with Gasteiger partial charge in [0.05, 0.1) is 0 Å². The molecule has 1 aromatic carbocycles. The summed E-state index contributed by atoms with van der Waals surface area (Å²) in [6.45, 7) is 5.12. The van der Waals surface area contributed by atoms with Gasteiger partial charge in [-0.15, -0.1) is 12.4 Å². The molecule has 146 valence electrons. The lowest BCUT2D eigenvalue weighted by Gasteiger charge is -2.33. The summed E-state index contributed by atoms with van der Waals surface area (Å²) in [5, 5.41) is 2.96. The molecule has 0 aliphatic carbocycles. The van der Waals surface area contributed by atoms with E-state index in [9.17, 15) is 9.59 Å². The van der Waals surface area contributed by atoms with Crippen LogP contribution >= 0.6 is 12.4 Å². The van der Waals surface area contributed by atoms with Gasteiger partial charge in [0.1, 0.15) is 6.04 Å². The molecule has 0 saturated carbocycles. The van der Waals surface area contributed by atoms with E-state index in [1.165, 1.54) is 0 Å². The van der Waals surface area contributed by atoms with Crippen LogP contribution < -0.4 is 11.1 Å². The smallest absolute Gasteiger partial charge is 0.244 e. The Morgan fingerprint density at radius 2 is 1.92 bits per heavy atom. The molecule has 1 aliphatic heterocycles. The zero-order valence-electron chi connectivity index (χ0n) is 15.4. The van der Waals surface area contributed by atoms with Gasteiger partial charge in [-0.25, -0.2) is 0 Å². The standard InChI is InChI=1S/C19H29N3O3.ClH/c1-2-25-14-6-11-21-18(23)16-9-12-22(13-10-16)19(24)17(20)15-7-4-3-5-8-15;/h3-5,7-8,16-17H,2,6,9-14,20H2,1H3,(H,21,23);1H. The molecule has 2 amide bonds. The van der Waals surface area contributed by atoms with E-state index >= 15 is 0 Å². The number of carbonyl (C=O) groups excluding carboxylic acids is 2. The van der Waals surface area contributed by atoms with Gasteiger partial charge < -0.3 is 20.7 Å². The number of benzene rings is 1. The fraction of sp³-hybridized carbons (Fsp3) is 0.579. The van der Waals surface area contributed by atoms with E-state index in [1.807, 2.05) is 37.3 Å². The van der Waals surface area contributed by atoms with Crippen molar-refractivity contribution in [3.63, 3.8) is 0 Å². The topological polar surface area (TPSA) is 84.7 Å². The van der Waals surface area contributed by atoms with Gasteiger partial charge >= 0.3 is 0 Å². The van der Waals surface area contributed by atoms with Crippen LogP contribution in [0.25, 0.3) is 0 Å². The molecule has 0 spiro atoms. The Kier molecular flexibility index (Phi) is 10.2. The van der Waals surface area contributed by atoms with Gasteiger partial charge in [0, 0.05) is 38.8 Å². The van der Waals surface area contributed by atoms with Crippen LogP contribution in [0.2, 0.25) is 0 Å². The lowest BCUT2D eigenvalue weighted by atomic mass is 9.95. The Morgan fingerprint density at radius 1 is 1.27 bits per heavy atom. The molecule has 1 fully saturated rings. The number of hydrogen-bond donors (Lipinski definition) is 2. The van der Waals surface area contributed by atoms with E-state index in [1.54, 1.807) is 4.90 Å². The second-order valence-electron chi connectivity index (χ2n) is 6.33. The zero-order valence-corrected chi connectivity index (χ0v) is 16.2. The van der Waals surface area contributed by atoms with Crippen molar-refractivity contribution in [2.24, 2.45) is 11.7 Å². The summed E-state index contributed by atoms with van der Waals surface area (Å²) < 4.78 is 5.25. The van der Waals surface area contributed by atoms with E-state index in [-0.39, 0.29) is 30.1 Å². The van der Waals surface area contributed by atoms with E-state index < -0.39 is 6.04 Å². The van der Waals surface area contributed by atoms with Crippen molar-refractivity contribution in [2.45, 2.75) is 32.2 Å². The molecular formula is C19H30ClN3O3. The Bertz CT molecular complexity index is 548. The molecule has 1 atom stereocenters. The van der Waals surface area contributed by atoms with Crippen LogP contribution in [0.5, 0.6) is 0 Å². The summed E-state index contributed by atoms with van der Waals surface area (Å²) in [6, 6.07) is 8.76. The molecule has 1 unspecified atom stereocenters. The Labute approximate surface area is 161 Å². The Morgan fingerprint density at radius 3 is 2.54 bits per heavy atom. The molecule has 1 aliphatic rings. The maximum absolute atomic E-state index is 12.5. The first kappa shape index (κ1) is 22.4. The van der Waals surface area contributed by atoms with E-state index in [4.69, 9.17) is 10.5 Å². The number of nitrogens with one attached hydrogen (secondary N) is 1. The molecule has 2 rings (SSSR count). The largest absolute Gasteiger partial charge is 0.382 e. The third-order valence-corrected chi connectivity index (χ3v) is 4.57. The molecule has 3 N–H and O–H groups in total. The van der Waals surface area contributed by atoms with Crippen LogP contribution in [0.1, 0.15) is 37.8 Å². The number of amides is 2. The lowest BCUT2D eigenvalue weighted by molar-refractivity contribution is -0.136. The van der Waals surface area contributed by atoms with Crippen molar-refractivity contribution in [3.05, 3.63) is 35.9 Å². The number of nitrogens with zero attached hydrogens (tertiary/aromatic N) is 1. The van der Waals surface area contributed by atoms with Crippen LogP contribution in [0.4, 0.5) is 0 Å². The maximum Gasteiger partial charge on any atom is 0.244 e. The van der Waals surface area contributed by atoms with Crippen molar-refractivity contribution >= 4 is 24.2 Å². The van der Waals surface area contributed by atoms with E-state index in [0.29, 0.717) is 45.7 Å². The molecule has 0 radical (unpaired) electrons. The van der Waals surface area contributed by atoms with Crippen molar-refractivity contribution in [2.75, 3.05) is 32.8 Å². The molecule has 0 aromatic heterocycles. The van der Waals surface area contributed by atoms with Gasteiger partial charge in [0.25, 0.3) is 0 Å². The second kappa shape index (κ2) is 11.9. The summed E-state index contributed by atoms with van der Waals surface area (Å²) in [6.07, 6.45) is 2.19. The molecular weight excluding hydrogens is 354 g/mol. The van der Waals surface area contributed by atoms with E-state index in [0.717, 1.165) is 12.0 Å². The highest BCUT2D eigenvalue weighted by molar-refractivity contribution is 5.85. The predicted molar refractivity (Wildman–Crippen MR) is 104 cm³/mol. The average molecular weight is 384 g/mol. The van der Waals surface area contributed by atoms with Crippen molar-refractivity contribution < 1.29 is 14.3 Å². The van der Waals surface area contributed by atoms with Crippen molar-refractivity contribution in [3.8, 4) is 0 Å². The zero-order chi connectivity index (χ0) is 18.1. The monoisotopic (exact) mass is 383 g/mol. The number of rotatable bonds is 8. The fourth-order valence-corrected chi connectivity index (χ4v) is 3.04. The van der Waals surface area contributed by atoms with Crippen LogP contribution in [0.15, 0.2) is 30.3 Å². The summed E-state index contributed by atoms with van der Waals surface area (Å²) in [4.78, 5) is 26.5. The highest BCUT2D eigenvalue weighted by Crippen LogP contribution is 2.21. The fourth-order valence-electron chi connectivity index (χ4n) is 3.04. The Balaban J connectivity index is 0.00000338. The number of likely N-dealkylation sites (tertiary alicyclic amines) is 1. The highest BCUT2D eigenvalue weighted by atomic mass is 35.5. The maximum atomic E-state index is 12.5. The first-order valence-electron chi connectivity index (χ1n) is 9.08. The number of carbonyl (C=O) groups is 2. The minimum Gasteiger partial charge on any atom is -0.382 e. The first-order valence-corrected chi connectivity index (χ1v) is 9.08. The third-order valence-electron chi connectivity index (χ3n) is 4.57. The molecule has 26 heavy (non-hydrogen) atoms. The summed E-state index contributed by atoms with van der Waals surface area (Å²) in [5.74, 6) is -0.0122. The molecule has 1 saturated heterocycles. The van der Waals surface area contributed by atoms with Crippen LogP contribution in [-0.4, -0.2) is 49.6 Å². The van der Waals surface area contributed by atoms with Gasteiger partial charge in [-0.1, -0.05) is 30.3 Å². The third kappa shape index (κ3) is 6.59. The SMILES string of the molecule is CCOCCCNC(=O)C1CCN(C(=O)C(N)c2ccccc2)CC1.Cl. The molecule has 6 nitrogen and oxygen atoms in total. The van der Waals surface area contributed by atoms with Crippen LogP contribution in [-0.2, 0) is 14.3 Å². The number of piperidine rings is 1. The van der Waals surface area contributed by atoms with Gasteiger partial charge in [0.2, 0.25) is 11.8 Å². The van der Waals surface area contributed by atoms with Crippen molar-refractivity contribution in [1.82, 2.24) is 10.2 Å². The molecule has 0 bridgehead atoms. The number of hydrogen-bond acceptors (Lipinski definition) is 4. The second-order valence-corrected chi connectivity index (χ2v) is 6.33. The van der Waals surface area contributed by atoms with Gasteiger partial charge in [-0.05, 0) is 31.7 Å². The minimum absolute atomic E-state index is 0. The normalized spacial score (nSPS) is 15.8. The quantitative estimate of drug-likeness (QED) is 0.671. The number of ether oxygens (including phenoxy) is 1. The number of nitrogens with two attached hydrogens (primary N) is 1. The van der Waals surface area contributed by atoms with Crippen molar-refractivity contribution in [1.29, 1.82) is 0 Å². The summed E-state index contributed by atoms with van der Waals surface area (Å²) in [5.41, 5.74) is 6.91. The molecule has 1 aromatic rings. The van der Waals surface area contributed by atoms with Gasteiger partial charge in [-0.3, -0.25) is 9.59 Å². The van der Waals surface area contributed by atoms with E-state index in [2.05, 4.69) is 5.32 Å². The van der Waals surface area contributed by atoms with Gasteiger partial charge in [-0.2, -0.15) is 0 Å². The van der Waals surface area contributed by atoms with Crippen LogP contribution in [0.3, 0.4) is 0 Å². The first-order chi connectivity index (χ1) is 12.1. The Hall–Kier alpha value is -1.63. The molecule has 7 heteroatoms. The van der Waals surface area contributed by atoms with Gasteiger partial charge in [0.15, 0.2) is 0 Å². The van der Waals surface area contributed by atoms with Crippen LogP contribution in [0, 0.1) is 5.92 Å². The summed E-state index contributed by atoms with van der Waals surface area (Å²) >= 11 is 0. The summed E-state index contributed by atoms with van der Waals surface area (Å²) in [7, 11) is 0. The lowest BCUT2D eigenvalue weighted by Crippen LogP contribution is -2.46. The predicted octanol–water partition coefficient (Wildman–Crippen LogP) is 1.89. The number of halogens is 1. The minimum atomic E-state index is -0.634. The highest BCUT2D eigenvalue weighted by Gasteiger charge is 2.29. The molecule has 1 heterocycles. The average Bonchev–Trinajstić information content (AvgIpc) is 2.67.